The number of unbranched alkanes of at least 4 members (excludes halogenated alkanes) is 1. The number of hydrogen-bond acceptors (Lipinski definition) is 15. The van der Waals surface area contributed by atoms with Crippen LogP contribution in [0.2, 0.25) is 0 Å². The van der Waals surface area contributed by atoms with Gasteiger partial charge in [-0.05, 0) is 101 Å². The summed E-state index contributed by atoms with van der Waals surface area (Å²) in [6.07, 6.45) is 2.83. The third-order valence-corrected chi connectivity index (χ3v) is 17.1. The highest BCUT2D eigenvalue weighted by Crippen LogP contribution is 2.30. The topological polar surface area (TPSA) is 276 Å². The smallest absolute Gasteiger partial charge is 0.245 e. The Balaban J connectivity index is 4.23. The highest BCUT2D eigenvalue weighted by molar-refractivity contribution is 5.99. The van der Waals surface area contributed by atoms with E-state index < -0.39 is 161 Å². The van der Waals surface area contributed by atoms with Crippen molar-refractivity contribution in [1.82, 2.24) is 30.2 Å². The number of aliphatic hydroxyl groups is 1. The lowest BCUT2D eigenvalue weighted by molar-refractivity contribution is -0.148. The minimum absolute atomic E-state index is 0.0834. The van der Waals surface area contributed by atoms with E-state index in [0.29, 0.717) is 19.3 Å². The molecule has 0 saturated carbocycles. The summed E-state index contributed by atoms with van der Waals surface area (Å²) in [5.74, 6) is -11.9. The molecule has 88 heavy (non-hydrogen) atoms. The molecule has 0 aromatic carbocycles. The standard InChI is InChI=1S/C67H115N7O14/c1-22-24-27-44(13)62(81)50-38-57(78)60(43(11)12)74(20)66(85)48(32-39(3)4)36-56(77)53(34-41(7)8)71(17)65(84)46(15)69-63(82)45(14)35-55(76)52(33-40(5)6)72(18)67(86)49(42(9)10)37-58(79)61(47(16)88-31-26-25-30-68-87-21)73(19)59(80)29-28-54(75)51(23-2)70-64(50)83/h22,24,30,39-53,60-62,81H,23,25-29,31-38H2,1-21H3,(H,69,82)(H,70,83)/b24-22+,68-30+/t44-,45-,46-,47-,48-,49+,50+,51+,52+,53+,60+,61+,62-/m1/s1. The fraction of sp³-hybridized carbons (Fsp3) is 0.791. The zero-order valence-corrected chi connectivity index (χ0v) is 57.5. The fourth-order valence-corrected chi connectivity index (χ4v) is 11.8. The van der Waals surface area contributed by atoms with Gasteiger partial charge in [0.25, 0.3) is 0 Å². The molecule has 0 spiro atoms. The van der Waals surface area contributed by atoms with E-state index in [2.05, 4.69) is 15.8 Å². The first-order valence-electron chi connectivity index (χ1n) is 32.3. The lowest BCUT2D eigenvalue weighted by Crippen LogP contribution is -2.53. The molecule has 0 bridgehead atoms. The van der Waals surface area contributed by atoms with Crippen molar-refractivity contribution in [2.24, 2.45) is 64.3 Å². The second-order valence-corrected chi connectivity index (χ2v) is 26.8. The van der Waals surface area contributed by atoms with Crippen LogP contribution >= 0.6 is 0 Å². The van der Waals surface area contributed by atoms with Crippen molar-refractivity contribution in [3.8, 4) is 0 Å². The van der Waals surface area contributed by atoms with Crippen molar-refractivity contribution in [3.05, 3.63) is 12.2 Å². The van der Waals surface area contributed by atoms with Crippen LogP contribution in [-0.4, -0.2) is 186 Å². The van der Waals surface area contributed by atoms with Crippen LogP contribution in [0.4, 0.5) is 0 Å². The molecule has 1 aliphatic rings. The van der Waals surface area contributed by atoms with Crippen LogP contribution in [0.5, 0.6) is 0 Å². The van der Waals surface area contributed by atoms with E-state index in [1.165, 1.54) is 61.8 Å². The molecule has 3 N–H and O–H groups in total. The Hall–Kier alpha value is -5.70. The van der Waals surface area contributed by atoms with Crippen molar-refractivity contribution in [3.63, 3.8) is 0 Å². The number of ketones is 5. The third kappa shape index (κ3) is 25.3. The Morgan fingerprint density at radius 2 is 1.14 bits per heavy atom. The van der Waals surface area contributed by atoms with E-state index in [4.69, 9.17) is 9.57 Å². The second-order valence-electron chi connectivity index (χ2n) is 26.8. The maximum atomic E-state index is 14.9. The van der Waals surface area contributed by atoms with Gasteiger partial charge >= 0.3 is 0 Å². The van der Waals surface area contributed by atoms with E-state index >= 15 is 0 Å². The number of rotatable bonds is 20. The number of likely N-dealkylation sites (N-methyl/N-ethyl adjacent to an activating group) is 4. The number of ether oxygens (including phenoxy) is 1. The molecule has 0 aliphatic carbocycles. The molecule has 13 atom stereocenters. The number of oxime groups is 1. The van der Waals surface area contributed by atoms with Gasteiger partial charge in [0.2, 0.25) is 35.4 Å². The third-order valence-electron chi connectivity index (χ3n) is 17.1. The number of carbonyl (C=O) groups is 11. The Morgan fingerprint density at radius 1 is 0.602 bits per heavy atom. The molecule has 21 nitrogen and oxygen atoms in total. The summed E-state index contributed by atoms with van der Waals surface area (Å²) < 4.78 is 6.18. The van der Waals surface area contributed by atoms with Gasteiger partial charge in [0.15, 0.2) is 28.9 Å². The van der Waals surface area contributed by atoms with Crippen LogP contribution < -0.4 is 10.6 Å². The van der Waals surface area contributed by atoms with Gasteiger partial charge < -0.3 is 44.9 Å². The van der Waals surface area contributed by atoms with E-state index in [9.17, 15) is 57.8 Å². The lowest BCUT2D eigenvalue weighted by atomic mass is 9.82. The largest absolute Gasteiger partial charge is 0.399 e. The van der Waals surface area contributed by atoms with Crippen LogP contribution in [0.25, 0.3) is 0 Å². The summed E-state index contributed by atoms with van der Waals surface area (Å²) in [6, 6.07) is -6.69. The molecule has 0 aromatic rings. The molecule has 502 valence electrons. The van der Waals surface area contributed by atoms with E-state index in [-0.39, 0.29) is 82.1 Å². The van der Waals surface area contributed by atoms with Crippen LogP contribution in [-0.2, 0) is 62.3 Å². The SMILES string of the molecule is C/C=C/C[C@@H](C)[C@@H](O)[C@@H]1CC(=O)[C@H](C(C)C)N(C)C(=O)[C@H](CC(C)C)CC(=O)[C@H](CC(C)C)N(C)C(=O)[C@@H](C)NC(=O)[C@H](C)CC(=O)[C@H](CC(C)C)N(C)C(=O)[C@H](C(C)C)CC(=O)[C@H]([C@@H](C)OCCC/C=N/OC)N(C)C(=O)CCC(=O)[C@H](CC)NC1=O. The fourth-order valence-electron chi connectivity index (χ4n) is 11.8. The van der Waals surface area contributed by atoms with Crippen molar-refractivity contribution in [1.29, 1.82) is 0 Å². The average Bonchev–Trinajstić information content (AvgIpc) is 2.09. The van der Waals surface area contributed by atoms with Crippen LogP contribution in [0, 0.1) is 59.2 Å². The highest BCUT2D eigenvalue weighted by Gasteiger charge is 2.43. The zero-order chi connectivity index (χ0) is 67.6. The number of nitrogens with zero attached hydrogens (tertiary/aromatic N) is 5. The average molecular weight is 1240 g/mol. The number of allylic oxidation sites excluding steroid dienone is 2. The van der Waals surface area contributed by atoms with Gasteiger partial charge in [-0.25, -0.2) is 0 Å². The van der Waals surface area contributed by atoms with Gasteiger partial charge in [-0.1, -0.05) is 107 Å². The molecule has 1 heterocycles. The minimum atomic E-state index is -1.39. The maximum Gasteiger partial charge on any atom is 0.245 e. The minimum Gasteiger partial charge on any atom is -0.399 e. The number of aliphatic hydroxyl groups excluding tert-OH is 1. The van der Waals surface area contributed by atoms with Crippen LogP contribution in [0.3, 0.4) is 0 Å². The Kier molecular flexibility index (Phi) is 36.0. The molecule has 0 aromatic heterocycles. The summed E-state index contributed by atoms with van der Waals surface area (Å²) >= 11 is 0. The lowest BCUT2D eigenvalue weighted by Gasteiger charge is -2.36. The summed E-state index contributed by atoms with van der Waals surface area (Å²) in [4.78, 5) is 170. The predicted octanol–water partition coefficient (Wildman–Crippen LogP) is 7.61. The van der Waals surface area contributed by atoms with Gasteiger partial charge in [0.1, 0.15) is 19.2 Å². The molecule has 1 saturated heterocycles. The first-order chi connectivity index (χ1) is 41.0. The first-order valence-corrected chi connectivity index (χ1v) is 32.3. The van der Waals surface area contributed by atoms with Crippen LogP contribution in [0.1, 0.15) is 194 Å². The number of amides is 6. The molecule has 6 amide bonds. The monoisotopic (exact) mass is 1240 g/mol. The molecule has 1 rings (SSSR count). The molecule has 0 unspecified atom stereocenters. The highest BCUT2D eigenvalue weighted by atomic mass is 16.6. The predicted molar refractivity (Wildman–Crippen MR) is 341 cm³/mol. The molecule has 1 aliphatic heterocycles. The molecular formula is C67H115N7O14. The number of nitrogens with one attached hydrogen (secondary N) is 2. The van der Waals surface area contributed by atoms with Gasteiger partial charge in [-0.3, -0.25) is 52.7 Å². The van der Waals surface area contributed by atoms with Crippen molar-refractivity contribution in [2.45, 2.75) is 243 Å². The number of Topliss-reactive ketones (excluding diaryl/α,β-unsaturated/α-hetero) is 5. The van der Waals surface area contributed by atoms with Gasteiger partial charge in [-0.15, -0.1) is 0 Å². The second kappa shape index (κ2) is 39.4. The van der Waals surface area contributed by atoms with E-state index in [1.54, 1.807) is 67.7 Å². The van der Waals surface area contributed by atoms with E-state index in [1.807, 2.05) is 54.5 Å². The number of carbonyl (C=O) groups excluding carboxylic acids is 11. The first kappa shape index (κ1) is 80.3. The summed E-state index contributed by atoms with van der Waals surface area (Å²) in [5, 5.41) is 21.2. The van der Waals surface area contributed by atoms with Crippen molar-refractivity contribution >= 4 is 70.6 Å². The Morgan fingerprint density at radius 3 is 1.65 bits per heavy atom. The zero-order valence-electron chi connectivity index (χ0n) is 57.5. The van der Waals surface area contributed by atoms with Crippen molar-refractivity contribution < 1.29 is 67.4 Å². The maximum absolute atomic E-state index is 14.9. The quantitative estimate of drug-likeness (QED) is 0.0458. The van der Waals surface area contributed by atoms with Crippen molar-refractivity contribution in [2.75, 3.05) is 41.9 Å². The molecule has 0 radical (unpaired) electrons. The summed E-state index contributed by atoms with van der Waals surface area (Å²) in [7, 11) is 7.31. The van der Waals surface area contributed by atoms with Crippen LogP contribution in [0.15, 0.2) is 17.3 Å². The van der Waals surface area contributed by atoms with Gasteiger partial charge in [0, 0.05) is 97.3 Å². The Bertz CT molecular complexity index is 2370. The Labute approximate surface area is 527 Å². The molecule has 1 fully saturated rings. The normalized spacial score (nSPS) is 26.8. The summed E-state index contributed by atoms with van der Waals surface area (Å²) in [6.45, 7) is 28.5. The summed E-state index contributed by atoms with van der Waals surface area (Å²) in [5.41, 5.74) is 0. The van der Waals surface area contributed by atoms with E-state index in [0.717, 1.165) is 0 Å². The van der Waals surface area contributed by atoms with Gasteiger partial charge in [-0.2, -0.15) is 0 Å². The molecular weight excluding hydrogens is 1130 g/mol. The molecule has 21 heteroatoms. The van der Waals surface area contributed by atoms with Gasteiger partial charge in [0.05, 0.1) is 42.3 Å². The number of hydrogen-bond donors (Lipinski definition) is 3.